The summed E-state index contributed by atoms with van der Waals surface area (Å²) in [6, 6.07) is 11.8. The number of fused-ring (bicyclic) bond motifs is 1. The molecule has 3 rings (SSSR count). The number of nitrogens with zero attached hydrogens (tertiary/aromatic N) is 1. The predicted molar refractivity (Wildman–Crippen MR) is 112 cm³/mol. The minimum atomic E-state index is -0.706. The van der Waals surface area contributed by atoms with E-state index in [1.807, 2.05) is 31.2 Å². The molecule has 0 bridgehead atoms. The number of aromatic nitrogens is 1. The van der Waals surface area contributed by atoms with Crippen molar-refractivity contribution in [3.63, 3.8) is 0 Å². The zero-order chi connectivity index (χ0) is 20.8. The van der Waals surface area contributed by atoms with Gasteiger partial charge in [0.15, 0.2) is 11.5 Å². The number of aryl methyl sites for hydroxylation is 1. The number of benzene rings is 2. The van der Waals surface area contributed by atoms with Gasteiger partial charge in [-0.2, -0.15) is 0 Å². The number of methoxy groups -OCH3 is 1. The van der Waals surface area contributed by atoms with E-state index in [4.69, 9.17) is 9.15 Å². The molecule has 0 aliphatic heterocycles. The average Bonchev–Trinajstić information content (AvgIpc) is 3.15. The van der Waals surface area contributed by atoms with Gasteiger partial charge in [-0.15, -0.1) is 0 Å². The number of carbonyl (C=O) groups is 2. The highest BCUT2D eigenvalue weighted by Crippen LogP contribution is 2.20. The lowest BCUT2D eigenvalue weighted by Gasteiger charge is -2.13. The molecular formula is C22H23N3O4. The Labute approximate surface area is 168 Å². The number of hydrogen-bond acceptors (Lipinski definition) is 5. The highest BCUT2D eigenvalue weighted by Gasteiger charge is 2.15. The van der Waals surface area contributed by atoms with Crippen molar-refractivity contribution in [1.82, 2.24) is 10.3 Å². The lowest BCUT2D eigenvalue weighted by molar-refractivity contribution is -0.123. The third kappa shape index (κ3) is 5.22. The lowest BCUT2D eigenvalue weighted by Crippen LogP contribution is -2.40. The summed E-state index contributed by atoms with van der Waals surface area (Å²) in [6.07, 6.45) is 3.76. The summed E-state index contributed by atoms with van der Waals surface area (Å²) < 4.78 is 10.7. The van der Waals surface area contributed by atoms with Crippen LogP contribution in [0.25, 0.3) is 17.2 Å². The number of ether oxygens (including phenoxy) is 1. The van der Waals surface area contributed by atoms with Gasteiger partial charge in [0.05, 0.1) is 7.11 Å². The van der Waals surface area contributed by atoms with E-state index >= 15 is 0 Å². The van der Waals surface area contributed by atoms with E-state index < -0.39 is 6.04 Å². The summed E-state index contributed by atoms with van der Waals surface area (Å²) in [7, 11) is 1.59. The molecule has 1 heterocycles. The Morgan fingerprint density at radius 2 is 1.97 bits per heavy atom. The number of hydrogen-bond donors (Lipinski definition) is 2. The Morgan fingerprint density at radius 1 is 1.21 bits per heavy atom. The van der Waals surface area contributed by atoms with Gasteiger partial charge in [-0.25, -0.2) is 4.98 Å². The number of amides is 2. The Balaban J connectivity index is 1.56. The standard InChI is InChI=1S/C22H23N3O4/c1-4-21-25-18-13-16(8-11-19(18)29-21)24-22(27)14(2)23-20(26)12-7-15-5-9-17(28-3)10-6-15/h5-14H,4H2,1-3H3,(H,23,26)(H,24,27). The van der Waals surface area contributed by atoms with Crippen LogP contribution in [-0.4, -0.2) is 29.9 Å². The van der Waals surface area contributed by atoms with Gasteiger partial charge in [-0.1, -0.05) is 19.1 Å². The molecule has 2 aromatic carbocycles. The van der Waals surface area contributed by atoms with Crippen molar-refractivity contribution >= 4 is 34.7 Å². The molecule has 7 nitrogen and oxygen atoms in total. The third-order valence-corrected chi connectivity index (χ3v) is 4.30. The molecule has 1 atom stereocenters. The summed E-state index contributed by atoms with van der Waals surface area (Å²) in [5.74, 6) is 0.706. The molecular weight excluding hydrogens is 370 g/mol. The van der Waals surface area contributed by atoms with Crippen molar-refractivity contribution in [3.05, 3.63) is 60.0 Å². The molecule has 3 aromatic rings. The van der Waals surface area contributed by atoms with Crippen molar-refractivity contribution in [2.45, 2.75) is 26.3 Å². The molecule has 0 saturated heterocycles. The fourth-order valence-electron chi connectivity index (χ4n) is 2.67. The number of anilines is 1. The fraction of sp³-hybridized carbons (Fsp3) is 0.227. The molecule has 1 aromatic heterocycles. The summed E-state index contributed by atoms with van der Waals surface area (Å²) in [6.45, 7) is 3.58. The number of oxazole rings is 1. The Morgan fingerprint density at radius 3 is 2.66 bits per heavy atom. The van der Waals surface area contributed by atoms with Gasteiger partial charge in [0.25, 0.3) is 0 Å². The van der Waals surface area contributed by atoms with Crippen LogP contribution in [0.1, 0.15) is 25.3 Å². The van der Waals surface area contributed by atoms with E-state index in [0.29, 0.717) is 29.1 Å². The third-order valence-electron chi connectivity index (χ3n) is 4.30. The molecule has 0 radical (unpaired) electrons. The van der Waals surface area contributed by atoms with Gasteiger partial charge in [0.2, 0.25) is 11.8 Å². The monoisotopic (exact) mass is 393 g/mol. The summed E-state index contributed by atoms with van der Waals surface area (Å²) in [5.41, 5.74) is 2.79. The van der Waals surface area contributed by atoms with Gasteiger partial charge >= 0.3 is 0 Å². The topological polar surface area (TPSA) is 93.5 Å². The zero-order valence-corrected chi connectivity index (χ0v) is 16.6. The predicted octanol–water partition coefficient (Wildman–Crippen LogP) is 3.56. The van der Waals surface area contributed by atoms with E-state index in [0.717, 1.165) is 11.3 Å². The quantitative estimate of drug-likeness (QED) is 0.599. The first-order valence-electron chi connectivity index (χ1n) is 9.31. The molecule has 0 aliphatic rings. The van der Waals surface area contributed by atoms with Crippen LogP contribution in [0.3, 0.4) is 0 Å². The molecule has 0 aliphatic carbocycles. The van der Waals surface area contributed by atoms with Gasteiger partial charge in [0.1, 0.15) is 17.3 Å². The van der Waals surface area contributed by atoms with Gasteiger partial charge in [-0.05, 0) is 48.9 Å². The highest BCUT2D eigenvalue weighted by molar-refractivity contribution is 6.00. The van der Waals surface area contributed by atoms with E-state index in [9.17, 15) is 9.59 Å². The van der Waals surface area contributed by atoms with E-state index in [-0.39, 0.29) is 11.8 Å². The second-order valence-electron chi connectivity index (χ2n) is 6.47. The molecule has 2 N–H and O–H groups in total. The number of nitrogens with one attached hydrogen (secondary N) is 2. The normalized spacial score (nSPS) is 12.1. The molecule has 1 unspecified atom stereocenters. The van der Waals surface area contributed by atoms with E-state index in [2.05, 4.69) is 15.6 Å². The maximum absolute atomic E-state index is 12.4. The van der Waals surface area contributed by atoms with Crippen LogP contribution < -0.4 is 15.4 Å². The second-order valence-corrected chi connectivity index (χ2v) is 6.47. The van der Waals surface area contributed by atoms with E-state index in [1.54, 1.807) is 38.3 Å². The number of rotatable bonds is 7. The molecule has 0 fully saturated rings. The summed E-state index contributed by atoms with van der Waals surface area (Å²) in [5, 5.41) is 5.43. The molecule has 2 amide bonds. The van der Waals surface area contributed by atoms with Crippen LogP contribution in [0.15, 0.2) is 53.0 Å². The largest absolute Gasteiger partial charge is 0.497 e. The van der Waals surface area contributed by atoms with Crippen molar-refractivity contribution in [2.75, 3.05) is 12.4 Å². The Bertz CT molecular complexity index is 1040. The van der Waals surface area contributed by atoms with Crippen LogP contribution in [0.4, 0.5) is 5.69 Å². The van der Waals surface area contributed by atoms with Crippen LogP contribution >= 0.6 is 0 Å². The minimum absolute atomic E-state index is 0.324. The highest BCUT2D eigenvalue weighted by atomic mass is 16.5. The average molecular weight is 393 g/mol. The molecule has 0 spiro atoms. The second kappa shape index (κ2) is 9.05. The Kier molecular flexibility index (Phi) is 6.29. The van der Waals surface area contributed by atoms with Crippen molar-refractivity contribution in [2.24, 2.45) is 0 Å². The van der Waals surface area contributed by atoms with Crippen LogP contribution in [-0.2, 0) is 16.0 Å². The smallest absolute Gasteiger partial charge is 0.246 e. The fourth-order valence-corrected chi connectivity index (χ4v) is 2.67. The van der Waals surface area contributed by atoms with Crippen molar-refractivity contribution in [1.29, 1.82) is 0 Å². The Hall–Kier alpha value is -3.61. The van der Waals surface area contributed by atoms with Gasteiger partial charge in [-0.3, -0.25) is 9.59 Å². The minimum Gasteiger partial charge on any atom is -0.497 e. The first kappa shape index (κ1) is 20.1. The lowest BCUT2D eigenvalue weighted by atomic mass is 10.2. The maximum atomic E-state index is 12.4. The summed E-state index contributed by atoms with van der Waals surface area (Å²) in [4.78, 5) is 28.8. The summed E-state index contributed by atoms with van der Waals surface area (Å²) >= 11 is 0. The van der Waals surface area contributed by atoms with Crippen molar-refractivity contribution < 1.29 is 18.7 Å². The van der Waals surface area contributed by atoms with E-state index in [1.165, 1.54) is 6.08 Å². The van der Waals surface area contributed by atoms with Gasteiger partial charge < -0.3 is 19.8 Å². The number of carbonyl (C=O) groups excluding carboxylic acids is 2. The van der Waals surface area contributed by atoms with Gasteiger partial charge in [0, 0.05) is 18.2 Å². The first-order valence-corrected chi connectivity index (χ1v) is 9.31. The molecule has 150 valence electrons. The van der Waals surface area contributed by atoms with Crippen LogP contribution in [0.5, 0.6) is 5.75 Å². The first-order chi connectivity index (χ1) is 14.0. The van der Waals surface area contributed by atoms with Crippen molar-refractivity contribution in [3.8, 4) is 5.75 Å². The SMILES string of the molecule is CCc1nc2cc(NC(=O)C(C)NC(=O)C=Cc3ccc(OC)cc3)ccc2o1. The maximum Gasteiger partial charge on any atom is 0.246 e. The molecule has 29 heavy (non-hydrogen) atoms. The molecule has 7 heteroatoms. The van der Waals surface area contributed by atoms with Crippen LogP contribution in [0, 0.1) is 0 Å². The molecule has 0 saturated carbocycles. The van der Waals surface area contributed by atoms with Crippen LogP contribution in [0.2, 0.25) is 0 Å². The zero-order valence-electron chi connectivity index (χ0n) is 16.6.